The maximum atomic E-state index is 13.9. The highest BCUT2D eigenvalue weighted by atomic mass is 35.5. The van der Waals surface area contributed by atoms with Crippen LogP contribution in [-0.4, -0.2) is 31.1 Å². The van der Waals surface area contributed by atoms with Crippen LogP contribution in [0.4, 0.5) is 17.6 Å². The van der Waals surface area contributed by atoms with Gasteiger partial charge >= 0.3 is 6.18 Å². The first kappa shape index (κ1) is 23.4. The van der Waals surface area contributed by atoms with Gasteiger partial charge in [0.15, 0.2) is 0 Å². The van der Waals surface area contributed by atoms with Gasteiger partial charge in [0.2, 0.25) is 0 Å². The summed E-state index contributed by atoms with van der Waals surface area (Å²) in [5, 5.41) is 3.25. The molecule has 140 valence electrons. The van der Waals surface area contributed by atoms with Crippen molar-refractivity contribution in [3.63, 3.8) is 0 Å². The van der Waals surface area contributed by atoms with E-state index < -0.39 is 17.6 Å². The molecule has 2 nitrogen and oxygen atoms in total. The maximum Gasteiger partial charge on any atom is 0.419 e. The van der Waals surface area contributed by atoms with Crippen LogP contribution in [0.25, 0.3) is 0 Å². The van der Waals surface area contributed by atoms with E-state index in [0.29, 0.717) is 5.56 Å². The van der Waals surface area contributed by atoms with E-state index in [1.807, 2.05) is 6.92 Å². The van der Waals surface area contributed by atoms with Crippen LogP contribution < -0.4 is 5.32 Å². The van der Waals surface area contributed by atoms with Gasteiger partial charge in [-0.25, -0.2) is 4.39 Å². The Morgan fingerprint density at radius 3 is 2.21 bits per heavy atom. The third-order valence-corrected chi connectivity index (χ3v) is 4.37. The highest BCUT2D eigenvalue weighted by molar-refractivity contribution is 5.85. The summed E-state index contributed by atoms with van der Waals surface area (Å²) in [6.45, 7) is 7.42. The van der Waals surface area contributed by atoms with E-state index in [4.69, 9.17) is 0 Å². The van der Waals surface area contributed by atoms with Gasteiger partial charge in [0.05, 0.1) is 5.56 Å². The fraction of sp³-hybridized carbons (Fsp3) is 0.625. The number of nitrogens with one attached hydrogen (secondary N) is 1. The van der Waals surface area contributed by atoms with E-state index in [1.54, 1.807) is 0 Å². The number of hydrogen-bond donors (Lipinski definition) is 1. The molecule has 0 saturated carbocycles. The maximum absolute atomic E-state index is 13.9. The number of halogens is 6. The quantitative estimate of drug-likeness (QED) is 0.750. The third kappa shape index (κ3) is 5.48. The molecular formula is C16H24Cl2F4N2. The molecule has 2 atom stereocenters. The molecule has 0 spiro atoms. The van der Waals surface area contributed by atoms with Gasteiger partial charge in [-0.05, 0) is 23.6 Å². The van der Waals surface area contributed by atoms with Gasteiger partial charge in [0.25, 0.3) is 0 Å². The summed E-state index contributed by atoms with van der Waals surface area (Å²) >= 11 is 0. The van der Waals surface area contributed by atoms with Crippen LogP contribution in [-0.2, 0) is 6.18 Å². The summed E-state index contributed by atoms with van der Waals surface area (Å²) in [7, 11) is 0. The Bertz CT molecular complexity index is 505. The second kappa shape index (κ2) is 9.80. The van der Waals surface area contributed by atoms with Crippen molar-refractivity contribution in [1.29, 1.82) is 0 Å². The number of piperazine rings is 1. The van der Waals surface area contributed by atoms with E-state index in [1.165, 1.54) is 6.07 Å². The SMILES string of the molecule is CCC(C)[C@@H](c1ccc(C(F)(F)F)c(F)c1)N1CCNCC1.Cl.Cl. The van der Waals surface area contributed by atoms with Gasteiger partial charge < -0.3 is 5.32 Å². The highest BCUT2D eigenvalue weighted by Gasteiger charge is 2.35. The lowest BCUT2D eigenvalue weighted by molar-refractivity contribution is -0.140. The topological polar surface area (TPSA) is 15.3 Å². The fourth-order valence-corrected chi connectivity index (χ4v) is 3.03. The second-order valence-corrected chi connectivity index (χ2v) is 5.85. The molecule has 1 unspecified atom stereocenters. The van der Waals surface area contributed by atoms with Crippen LogP contribution in [0.1, 0.15) is 37.4 Å². The monoisotopic (exact) mass is 390 g/mol. The number of benzene rings is 1. The zero-order valence-corrected chi connectivity index (χ0v) is 15.3. The van der Waals surface area contributed by atoms with Gasteiger partial charge in [0, 0.05) is 32.2 Å². The Kier molecular flexibility index (Phi) is 9.57. The molecule has 0 radical (unpaired) electrons. The smallest absolute Gasteiger partial charge is 0.314 e. The summed E-state index contributed by atoms with van der Waals surface area (Å²) in [5.74, 6) is -0.942. The summed E-state index contributed by atoms with van der Waals surface area (Å²) in [5.41, 5.74) is -0.568. The molecule has 1 aliphatic rings. The average molecular weight is 391 g/mol. The zero-order chi connectivity index (χ0) is 16.3. The van der Waals surface area contributed by atoms with Gasteiger partial charge in [-0.3, -0.25) is 4.90 Å². The molecule has 1 N–H and O–H groups in total. The predicted octanol–water partition coefficient (Wildman–Crippen LogP) is 4.68. The molecule has 8 heteroatoms. The Hall–Kier alpha value is -0.560. The largest absolute Gasteiger partial charge is 0.419 e. The normalized spacial score (nSPS) is 18.2. The van der Waals surface area contributed by atoms with E-state index >= 15 is 0 Å². The van der Waals surface area contributed by atoms with E-state index in [2.05, 4.69) is 17.1 Å². The van der Waals surface area contributed by atoms with Gasteiger partial charge in [-0.2, -0.15) is 13.2 Å². The number of hydrogen-bond acceptors (Lipinski definition) is 2. The standard InChI is InChI=1S/C16H22F4N2.2ClH/c1-3-11(2)15(22-8-6-21-7-9-22)12-4-5-13(14(17)10-12)16(18,19)20;;/h4-5,10-11,15,21H,3,6-9H2,1-2H3;2*1H/t11?,15-;;/m0../s1. The van der Waals surface area contributed by atoms with Crippen molar-refractivity contribution in [3.8, 4) is 0 Å². The Labute approximate surface area is 152 Å². The second-order valence-electron chi connectivity index (χ2n) is 5.85. The van der Waals surface area contributed by atoms with Crippen molar-refractivity contribution in [2.45, 2.75) is 32.5 Å². The molecule has 2 rings (SSSR count). The van der Waals surface area contributed by atoms with Crippen molar-refractivity contribution in [2.75, 3.05) is 26.2 Å². The van der Waals surface area contributed by atoms with Gasteiger partial charge in [0.1, 0.15) is 5.82 Å². The molecule has 1 saturated heterocycles. The van der Waals surface area contributed by atoms with Crippen LogP contribution >= 0.6 is 24.8 Å². The Morgan fingerprint density at radius 2 is 1.75 bits per heavy atom. The van der Waals surface area contributed by atoms with E-state index in [-0.39, 0.29) is 36.8 Å². The van der Waals surface area contributed by atoms with Crippen LogP contribution in [0, 0.1) is 11.7 Å². The molecule has 1 heterocycles. The predicted molar refractivity (Wildman–Crippen MR) is 92.5 cm³/mol. The van der Waals surface area contributed by atoms with Crippen LogP contribution in [0.2, 0.25) is 0 Å². The molecule has 0 amide bonds. The molecule has 1 aromatic carbocycles. The average Bonchev–Trinajstić information content (AvgIpc) is 2.47. The molecule has 1 aromatic rings. The summed E-state index contributed by atoms with van der Waals surface area (Å²) < 4.78 is 52.0. The third-order valence-electron chi connectivity index (χ3n) is 4.37. The van der Waals surface area contributed by atoms with Crippen molar-refractivity contribution in [2.24, 2.45) is 5.92 Å². The number of alkyl halides is 3. The molecule has 0 aromatic heterocycles. The first-order chi connectivity index (χ1) is 10.3. The minimum absolute atomic E-state index is 0. The van der Waals surface area contributed by atoms with E-state index in [9.17, 15) is 17.6 Å². The van der Waals surface area contributed by atoms with E-state index in [0.717, 1.165) is 44.7 Å². The summed E-state index contributed by atoms with van der Waals surface area (Å²) in [6.07, 6.45) is -3.76. The van der Waals surface area contributed by atoms with Crippen molar-refractivity contribution < 1.29 is 17.6 Å². The minimum Gasteiger partial charge on any atom is -0.314 e. The van der Waals surface area contributed by atoms with Crippen molar-refractivity contribution >= 4 is 24.8 Å². The van der Waals surface area contributed by atoms with Gasteiger partial charge in [-0.15, -0.1) is 24.8 Å². The van der Waals surface area contributed by atoms with Crippen LogP contribution in [0.5, 0.6) is 0 Å². The van der Waals surface area contributed by atoms with Crippen LogP contribution in [0.15, 0.2) is 18.2 Å². The molecule has 24 heavy (non-hydrogen) atoms. The summed E-state index contributed by atoms with van der Waals surface area (Å²) in [4.78, 5) is 2.23. The Morgan fingerprint density at radius 1 is 1.17 bits per heavy atom. The lowest BCUT2D eigenvalue weighted by Gasteiger charge is -2.38. The first-order valence-electron chi connectivity index (χ1n) is 7.66. The molecule has 0 bridgehead atoms. The molecule has 1 aliphatic heterocycles. The number of nitrogens with zero attached hydrogens (tertiary/aromatic N) is 1. The number of rotatable bonds is 4. The molecule has 0 aliphatic carbocycles. The lowest BCUT2D eigenvalue weighted by Crippen LogP contribution is -2.46. The fourth-order valence-electron chi connectivity index (χ4n) is 3.03. The lowest BCUT2D eigenvalue weighted by atomic mass is 9.90. The molecular weight excluding hydrogens is 367 g/mol. The first-order valence-corrected chi connectivity index (χ1v) is 7.66. The minimum atomic E-state index is -4.65. The van der Waals surface area contributed by atoms with Crippen LogP contribution in [0.3, 0.4) is 0 Å². The molecule has 1 fully saturated rings. The van der Waals surface area contributed by atoms with Crippen molar-refractivity contribution in [3.05, 3.63) is 35.1 Å². The van der Waals surface area contributed by atoms with Crippen molar-refractivity contribution in [1.82, 2.24) is 10.2 Å². The summed E-state index contributed by atoms with van der Waals surface area (Å²) in [6, 6.07) is 3.29. The zero-order valence-electron chi connectivity index (χ0n) is 13.7. The highest BCUT2D eigenvalue weighted by Crippen LogP contribution is 2.36. The van der Waals surface area contributed by atoms with Gasteiger partial charge in [-0.1, -0.05) is 26.3 Å². The Balaban J connectivity index is 0.00000264.